The first kappa shape index (κ1) is 17.8. The van der Waals surface area contributed by atoms with Gasteiger partial charge >= 0.3 is 0 Å². The second-order valence-electron chi connectivity index (χ2n) is 3.61. The van der Waals surface area contributed by atoms with Gasteiger partial charge in [0.25, 0.3) is 9.05 Å². The maximum atomic E-state index is 11.2. The van der Waals surface area contributed by atoms with Crippen molar-refractivity contribution in [3.05, 3.63) is 22.2 Å². The van der Waals surface area contributed by atoms with Gasteiger partial charge in [0.2, 0.25) is 0 Å². The van der Waals surface area contributed by atoms with Crippen LogP contribution in [0.4, 0.5) is 0 Å². The van der Waals surface area contributed by atoms with Crippen molar-refractivity contribution in [3.8, 4) is 5.75 Å². The Kier molecular flexibility index (Phi) is 7.36. The third-order valence-electron chi connectivity index (χ3n) is 2.16. The maximum absolute atomic E-state index is 11.2. The fourth-order valence-electron chi connectivity index (χ4n) is 1.26. The van der Waals surface area contributed by atoms with Crippen molar-refractivity contribution in [2.24, 2.45) is 0 Å². The first-order valence-corrected chi connectivity index (χ1v) is 8.56. The van der Waals surface area contributed by atoms with Crippen LogP contribution in [-0.2, 0) is 18.5 Å². The summed E-state index contributed by atoms with van der Waals surface area (Å²) in [6, 6.07) is 2.35. The molecular weight excluding hydrogens is 351 g/mol. The monoisotopic (exact) mass is 362 g/mol. The number of halogens is 3. The molecule has 0 aliphatic heterocycles. The summed E-state index contributed by atoms with van der Waals surface area (Å²) in [4.78, 5) is -0.183. The molecule has 0 amide bonds. The topological polar surface area (TPSA) is 61.8 Å². The standard InChI is InChI=1S/C11H13Cl3O5S/c1-17-2-3-18-4-5-19-11-9(12)6-8(7-10(11)13)20(14,15)16/h6-7H,2-5H2,1H3. The quantitative estimate of drug-likeness (QED) is 0.525. The second kappa shape index (κ2) is 8.26. The van der Waals surface area contributed by atoms with Crippen molar-refractivity contribution >= 4 is 42.9 Å². The summed E-state index contributed by atoms with van der Waals surface area (Å²) in [6.45, 7) is 1.48. The summed E-state index contributed by atoms with van der Waals surface area (Å²) in [6.07, 6.45) is 0. The molecule has 5 nitrogen and oxygen atoms in total. The number of methoxy groups -OCH3 is 1. The van der Waals surface area contributed by atoms with E-state index < -0.39 is 9.05 Å². The highest BCUT2D eigenvalue weighted by atomic mass is 35.7. The van der Waals surface area contributed by atoms with Crippen molar-refractivity contribution in [1.82, 2.24) is 0 Å². The molecule has 0 saturated heterocycles. The van der Waals surface area contributed by atoms with E-state index >= 15 is 0 Å². The van der Waals surface area contributed by atoms with E-state index in [-0.39, 0.29) is 27.3 Å². The van der Waals surface area contributed by atoms with E-state index in [0.717, 1.165) is 0 Å². The van der Waals surface area contributed by atoms with Gasteiger partial charge in [-0.1, -0.05) is 23.2 Å². The highest BCUT2D eigenvalue weighted by molar-refractivity contribution is 8.13. The van der Waals surface area contributed by atoms with E-state index in [1.54, 1.807) is 7.11 Å². The summed E-state index contributed by atoms with van der Waals surface area (Å²) >= 11 is 11.8. The minimum absolute atomic E-state index is 0.0635. The van der Waals surface area contributed by atoms with Crippen molar-refractivity contribution in [3.63, 3.8) is 0 Å². The van der Waals surface area contributed by atoms with Crippen molar-refractivity contribution in [2.45, 2.75) is 4.90 Å². The number of hydrogen-bond acceptors (Lipinski definition) is 5. The zero-order chi connectivity index (χ0) is 15.2. The zero-order valence-corrected chi connectivity index (χ0v) is 13.7. The Morgan fingerprint density at radius 3 is 2.10 bits per heavy atom. The molecule has 1 rings (SSSR count). The third-order valence-corrected chi connectivity index (χ3v) is 4.05. The zero-order valence-electron chi connectivity index (χ0n) is 10.6. The Bertz CT molecular complexity index is 524. The molecule has 0 unspecified atom stereocenters. The molecule has 20 heavy (non-hydrogen) atoms. The molecule has 0 saturated carbocycles. The molecule has 0 aliphatic rings. The van der Waals surface area contributed by atoms with Gasteiger partial charge in [0.15, 0.2) is 5.75 Å². The molecule has 0 spiro atoms. The van der Waals surface area contributed by atoms with Crippen molar-refractivity contribution < 1.29 is 22.6 Å². The minimum Gasteiger partial charge on any atom is -0.488 e. The van der Waals surface area contributed by atoms with Crippen LogP contribution in [0.1, 0.15) is 0 Å². The smallest absolute Gasteiger partial charge is 0.261 e. The van der Waals surface area contributed by atoms with E-state index in [2.05, 4.69) is 0 Å². The summed E-state index contributed by atoms with van der Waals surface area (Å²) < 4.78 is 37.7. The van der Waals surface area contributed by atoms with Crippen molar-refractivity contribution in [2.75, 3.05) is 33.5 Å². The van der Waals surface area contributed by atoms with Gasteiger partial charge in [0.05, 0.1) is 34.8 Å². The van der Waals surface area contributed by atoms with Gasteiger partial charge in [-0.2, -0.15) is 0 Å². The lowest BCUT2D eigenvalue weighted by atomic mass is 10.3. The Labute approximate surface area is 132 Å². The average molecular weight is 364 g/mol. The van der Waals surface area contributed by atoms with Gasteiger partial charge in [-0.15, -0.1) is 0 Å². The molecule has 0 N–H and O–H groups in total. The second-order valence-corrected chi connectivity index (χ2v) is 6.99. The van der Waals surface area contributed by atoms with Crippen LogP contribution in [0.2, 0.25) is 10.0 Å². The molecule has 0 aliphatic carbocycles. The average Bonchev–Trinajstić information content (AvgIpc) is 2.34. The van der Waals surface area contributed by atoms with E-state index in [0.29, 0.717) is 19.8 Å². The van der Waals surface area contributed by atoms with Crippen LogP contribution in [0, 0.1) is 0 Å². The number of benzene rings is 1. The summed E-state index contributed by atoms with van der Waals surface area (Å²) in [5.41, 5.74) is 0. The van der Waals surface area contributed by atoms with Crippen LogP contribution in [-0.4, -0.2) is 42.0 Å². The molecule has 9 heteroatoms. The van der Waals surface area contributed by atoms with Crippen LogP contribution in [0.5, 0.6) is 5.75 Å². The molecule has 1 aromatic rings. The van der Waals surface area contributed by atoms with Crippen LogP contribution in [0.15, 0.2) is 17.0 Å². The van der Waals surface area contributed by atoms with Gasteiger partial charge < -0.3 is 14.2 Å². The predicted octanol–water partition coefficient (Wildman–Crippen LogP) is 2.96. The van der Waals surface area contributed by atoms with Gasteiger partial charge in [0, 0.05) is 17.8 Å². The number of ether oxygens (including phenoxy) is 3. The lowest BCUT2D eigenvalue weighted by Crippen LogP contribution is -2.10. The molecule has 0 radical (unpaired) electrons. The minimum atomic E-state index is -3.89. The van der Waals surface area contributed by atoms with Gasteiger partial charge in [-0.3, -0.25) is 0 Å². The molecule has 0 atom stereocenters. The Morgan fingerprint density at radius 2 is 1.60 bits per heavy atom. The summed E-state index contributed by atoms with van der Waals surface area (Å²) in [7, 11) is 2.90. The fourth-order valence-corrected chi connectivity index (χ4v) is 2.77. The largest absolute Gasteiger partial charge is 0.488 e. The highest BCUT2D eigenvalue weighted by Crippen LogP contribution is 2.36. The van der Waals surface area contributed by atoms with Gasteiger partial charge in [0.1, 0.15) is 6.61 Å². The first-order valence-electron chi connectivity index (χ1n) is 5.49. The fraction of sp³-hybridized carbons (Fsp3) is 0.455. The first-order chi connectivity index (χ1) is 9.36. The van der Waals surface area contributed by atoms with Crippen LogP contribution < -0.4 is 4.74 Å². The number of hydrogen-bond donors (Lipinski definition) is 0. The van der Waals surface area contributed by atoms with Crippen LogP contribution >= 0.6 is 33.9 Å². The molecule has 0 aromatic heterocycles. The normalized spacial score (nSPS) is 11.6. The third kappa shape index (κ3) is 5.63. The Morgan fingerprint density at radius 1 is 1.05 bits per heavy atom. The molecule has 0 fully saturated rings. The van der Waals surface area contributed by atoms with E-state index in [1.165, 1.54) is 12.1 Å². The molecule has 1 aromatic carbocycles. The van der Waals surface area contributed by atoms with Gasteiger partial charge in [-0.05, 0) is 12.1 Å². The lowest BCUT2D eigenvalue weighted by molar-refractivity contribution is 0.0544. The SMILES string of the molecule is COCCOCCOc1c(Cl)cc(S(=O)(=O)Cl)cc1Cl. The van der Waals surface area contributed by atoms with Crippen LogP contribution in [0.25, 0.3) is 0 Å². The van der Waals surface area contributed by atoms with Crippen LogP contribution in [0.3, 0.4) is 0 Å². The predicted molar refractivity (Wildman–Crippen MR) is 77.7 cm³/mol. The summed E-state index contributed by atoms with van der Waals surface area (Å²) in [5.74, 6) is 0.188. The highest BCUT2D eigenvalue weighted by Gasteiger charge is 2.16. The molecular formula is C11H13Cl3O5S. The Hall–Kier alpha value is -0.240. The lowest BCUT2D eigenvalue weighted by Gasteiger charge is -2.11. The van der Waals surface area contributed by atoms with Crippen molar-refractivity contribution in [1.29, 1.82) is 0 Å². The van der Waals surface area contributed by atoms with Gasteiger partial charge in [-0.25, -0.2) is 8.42 Å². The number of rotatable bonds is 8. The molecule has 0 bridgehead atoms. The Balaban J connectivity index is 2.63. The van der Waals surface area contributed by atoms with E-state index in [1.807, 2.05) is 0 Å². The summed E-state index contributed by atoms with van der Waals surface area (Å²) in [5, 5.41) is 0.127. The maximum Gasteiger partial charge on any atom is 0.261 e. The van der Waals surface area contributed by atoms with E-state index in [9.17, 15) is 8.42 Å². The van der Waals surface area contributed by atoms with E-state index in [4.69, 9.17) is 48.1 Å². The molecule has 114 valence electrons. The molecule has 0 heterocycles.